The number of aliphatic hydroxyl groups is 1. The highest BCUT2D eigenvalue weighted by atomic mass is 16.3. The molecule has 0 radical (unpaired) electrons. The van der Waals surface area contributed by atoms with E-state index in [0.29, 0.717) is 6.42 Å². The average Bonchev–Trinajstić information content (AvgIpc) is 2.37. The molecule has 4 heteroatoms. The molecule has 4 nitrogen and oxygen atoms in total. The van der Waals surface area contributed by atoms with Crippen LogP contribution in [0.1, 0.15) is 27.2 Å². The van der Waals surface area contributed by atoms with Crippen molar-refractivity contribution in [3.8, 4) is 0 Å². The monoisotopic (exact) mass is 259 g/mol. The number of fused-ring (bicyclic) bond motifs is 1. The number of nitrogens with zero attached hydrogens (tertiary/aromatic N) is 2. The Balaban J connectivity index is 2.23. The van der Waals surface area contributed by atoms with Gasteiger partial charge in [-0.1, -0.05) is 32.9 Å². The smallest absolute Gasteiger partial charge is 0.145 e. The Bertz CT molecular complexity index is 548. The van der Waals surface area contributed by atoms with Crippen LogP contribution in [0.3, 0.4) is 0 Å². The minimum atomic E-state index is 0.0516. The molecular formula is C15H21N3O. The van der Waals surface area contributed by atoms with Gasteiger partial charge in [0.25, 0.3) is 0 Å². The molecule has 0 amide bonds. The molecule has 1 aromatic heterocycles. The Morgan fingerprint density at radius 2 is 1.89 bits per heavy atom. The number of hydrogen-bond acceptors (Lipinski definition) is 4. The molecule has 0 saturated carbocycles. The first kappa shape index (κ1) is 13.7. The highest BCUT2D eigenvalue weighted by Gasteiger charge is 2.24. The molecule has 1 heterocycles. The summed E-state index contributed by atoms with van der Waals surface area (Å²) in [6, 6.07) is 7.96. The van der Waals surface area contributed by atoms with Crippen LogP contribution in [0, 0.1) is 5.41 Å². The van der Waals surface area contributed by atoms with E-state index in [2.05, 4.69) is 36.1 Å². The van der Waals surface area contributed by atoms with Crippen LogP contribution < -0.4 is 5.32 Å². The Hall–Kier alpha value is -1.68. The first-order chi connectivity index (χ1) is 9.00. The summed E-state index contributed by atoms with van der Waals surface area (Å²) >= 11 is 0. The summed E-state index contributed by atoms with van der Waals surface area (Å²) in [5.41, 5.74) is 1.82. The summed E-state index contributed by atoms with van der Waals surface area (Å²) in [5, 5.41) is 12.6. The zero-order chi connectivity index (χ0) is 13.9. The third-order valence-corrected chi connectivity index (χ3v) is 3.23. The van der Waals surface area contributed by atoms with E-state index in [-0.39, 0.29) is 18.1 Å². The Kier molecular flexibility index (Phi) is 4.00. The minimum absolute atomic E-state index is 0.0516. The number of rotatable bonds is 4. The van der Waals surface area contributed by atoms with E-state index in [1.54, 1.807) is 6.20 Å². The van der Waals surface area contributed by atoms with Crippen LogP contribution in [-0.2, 0) is 0 Å². The molecule has 2 rings (SSSR count). The maximum Gasteiger partial charge on any atom is 0.145 e. The molecule has 0 aliphatic heterocycles. The quantitative estimate of drug-likeness (QED) is 0.886. The van der Waals surface area contributed by atoms with Crippen molar-refractivity contribution in [3.05, 3.63) is 30.5 Å². The summed E-state index contributed by atoms with van der Waals surface area (Å²) in [6.45, 7) is 6.61. The maximum atomic E-state index is 9.17. The van der Waals surface area contributed by atoms with Crippen LogP contribution in [0.4, 0.5) is 5.82 Å². The summed E-state index contributed by atoms with van der Waals surface area (Å²) in [6.07, 6.45) is 2.44. The predicted octanol–water partition coefficient (Wildman–Crippen LogP) is 2.84. The van der Waals surface area contributed by atoms with Crippen molar-refractivity contribution in [2.45, 2.75) is 33.2 Å². The van der Waals surface area contributed by atoms with Crippen molar-refractivity contribution in [2.75, 3.05) is 11.9 Å². The first-order valence-corrected chi connectivity index (χ1v) is 6.60. The van der Waals surface area contributed by atoms with Crippen molar-refractivity contribution in [2.24, 2.45) is 5.41 Å². The van der Waals surface area contributed by atoms with Gasteiger partial charge in [-0.15, -0.1) is 0 Å². The van der Waals surface area contributed by atoms with E-state index in [1.165, 1.54) is 0 Å². The van der Waals surface area contributed by atoms with Gasteiger partial charge in [-0.2, -0.15) is 0 Å². The molecule has 1 aromatic carbocycles. The van der Waals surface area contributed by atoms with Gasteiger partial charge in [0.1, 0.15) is 5.82 Å². The van der Waals surface area contributed by atoms with E-state index in [9.17, 15) is 5.11 Å². The summed E-state index contributed by atoms with van der Waals surface area (Å²) in [4.78, 5) is 8.94. The fraction of sp³-hybridized carbons (Fsp3) is 0.467. The maximum absolute atomic E-state index is 9.17. The average molecular weight is 259 g/mol. The second-order valence-corrected chi connectivity index (χ2v) is 5.82. The molecule has 19 heavy (non-hydrogen) atoms. The van der Waals surface area contributed by atoms with Crippen LogP contribution in [0.5, 0.6) is 0 Å². The molecule has 1 atom stereocenters. The van der Waals surface area contributed by atoms with Crippen molar-refractivity contribution in [1.29, 1.82) is 0 Å². The van der Waals surface area contributed by atoms with Gasteiger partial charge in [0.15, 0.2) is 0 Å². The molecule has 1 unspecified atom stereocenters. The molecule has 0 bridgehead atoms. The number of benzene rings is 1. The van der Waals surface area contributed by atoms with Crippen LogP contribution in [0.25, 0.3) is 11.0 Å². The number of aromatic nitrogens is 2. The van der Waals surface area contributed by atoms with Crippen LogP contribution in [0.15, 0.2) is 30.5 Å². The molecule has 0 spiro atoms. The molecule has 0 saturated heterocycles. The lowest BCUT2D eigenvalue weighted by Crippen LogP contribution is -2.35. The third-order valence-electron chi connectivity index (χ3n) is 3.23. The van der Waals surface area contributed by atoms with Crippen molar-refractivity contribution >= 4 is 16.9 Å². The number of anilines is 1. The first-order valence-electron chi connectivity index (χ1n) is 6.60. The SMILES string of the molecule is CC(C)(C)C(CCO)Nc1cnc2ccccc2n1. The normalized spacial score (nSPS) is 13.5. The second kappa shape index (κ2) is 5.53. The van der Waals surface area contributed by atoms with E-state index >= 15 is 0 Å². The van der Waals surface area contributed by atoms with Gasteiger partial charge < -0.3 is 10.4 Å². The highest BCUT2D eigenvalue weighted by molar-refractivity contribution is 5.75. The zero-order valence-electron chi connectivity index (χ0n) is 11.7. The van der Waals surface area contributed by atoms with Gasteiger partial charge in [0.2, 0.25) is 0 Å². The van der Waals surface area contributed by atoms with E-state index in [1.807, 2.05) is 24.3 Å². The molecule has 2 N–H and O–H groups in total. The highest BCUT2D eigenvalue weighted by Crippen LogP contribution is 2.25. The van der Waals surface area contributed by atoms with Gasteiger partial charge in [-0.25, -0.2) is 4.98 Å². The number of para-hydroxylation sites is 2. The molecular weight excluding hydrogens is 238 g/mol. The van der Waals surface area contributed by atoms with Gasteiger partial charge in [-0.3, -0.25) is 4.98 Å². The van der Waals surface area contributed by atoms with E-state index < -0.39 is 0 Å². The molecule has 102 valence electrons. The molecule has 0 aliphatic carbocycles. The van der Waals surface area contributed by atoms with Crippen molar-refractivity contribution < 1.29 is 5.11 Å². The minimum Gasteiger partial charge on any atom is -0.396 e. The van der Waals surface area contributed by atoms with Gasteiger partial charge in [0.05, 0.1) is 17.2 Å². The molecule has 0 fully saturated rings. The Labute approximate surface area is 113 Å². The Morgan fingerprint density at radius 1 is 1.21 bits per heavy atom. The topological polar surface area (TPSA) is 58.0 Å². The van der Waals surface area contributed by atoms with Gasteiger partial charge >= 0.3 is 0 Å². The van der Waals surface area contributed by atoms with E-state index in [4.69, 9.17) is 0 Å². The van der Waals surface area contributed by atoms with Crippen LogP contribution in [0.2, 0.25) is 0 Å². The summed E-state index contributed by atoms with van der Waals surface area (Å²) in [5.74, 6) is 0.757. The second-order valence-electron chi connectivity index (χ2n) is 5.82. The van der Waals surface area contributed by atoms with Crippen LogP contribution >= 0.6 is 0 Å². The molecule has 0 aliphatic rings. The largest absolute Gasteiger partial charge is 0.396 e. The summed E-state index contributed by atoms with van der Waals surface area (Å²) < 4.78 is 0. The predicted molar refractivity (Wildman–Crippen MR) is 78.1 cm³/mol. The standard InChI is InChI=1S/C15H21N3O/c1-15(2,3)13(8-9-19)18-14-10-16-11-6-4-5-7-12(11)17-14/h4-7,10,13,19H,8-9H2,1-3H3,(H,17,18). The van der Waals surface area contributed by atoms with Crippen LogP contribution in [-0.4, -0.2) is 27.7 Å². The van der Waals surface area contributed by atoms with E-state index in [0.717, 1.165) is 16.9 Å². The molecule has 2 aromatic rings. The fourth-order valence-electron chi connectivity index (χ4n) is 2.06. The number of hydrogen-bond donors (Lipinski definition) is 2. The lowest BCUT2D eigenvalue weighted by molar-refractivity contribution is 0.235. The van der Waals surface area contributed by atoms with Crippen molar-refractivity contribution in [1.82, 2.24) is 9.97 Å². The third kappa shape index (κ3) is 3.41. The Morgan fingerprint density at radius 3 is 2.53 bits per heavy atom. The van der Waals surface area contributed by atoms with Crippen molar-refractivity contribution in [3.63, 3.8) is 0 Å². The summed E-state index contributed by atoms with van der Waals surface area (Å²) in [7, 11) is 0. The number of aliphatic hydroxyl groups excluding tert-OH is 1. The van der Waals surface area contributed by atoms with Gasteiger partial charge in [-0.05, 0) is 24.0 Å². The van der Waals surface area contributed by atoms with Gasteiger partial charge in [0, 0.05) is 12.6 Å². The zero-order valence-corrected chi connectivity index (χ0v) is 11.7. The number of nitrogens with one attached hydrogen (secondary N) is 1. The lowest BCUT2D eigenvalue weighted by atomic mass is 9.85. The lowest BCUT2D eigenvalue weighted by Gasteiger charge is -2.31. The fourth-order valence-corrected chi connectivity index (χ4v) is 2.06.